The first-order valence-electron chi connectivity index (χ1n) is 8.89. The molecule has 4 amide bonds. The lowest BCUT2D eigenvalue weighted by Gasteiger charge is -2.37. The number of piperidine rings is 1. The summed E-state index contributed by atoms with van der Waals surface area (Å²) in [6, 6.07) is -0.313. The van der Waals surface area contributed by atoms with Crippen LogP contribution >= 0.6 is 0 Å². The van der Waals surface area contributed by atoms with Crippen molar-refractivity contribution in [1.29, 1.82) is 0 Å². The molecule has 0 aromatic heterocycles. The van der Waals surface area contributed by atoms with Crippen LogP contribution in [0.3, 0.4) is 0 Å². The Morgan fingerprint density at radius 1 is 1.21 bits per heavy atom. The van der Waals surface area contributed by atoms with E-state index in [1.165, 1.54) is 4.90 Å². The van der Waals surface area contributed by atoms with Gasteiger partial charge in [0.05, 0.1) is 0 Å². The van der Waals surface area contributed by atoms with Gasteiger partial charge in [-0.25, -0.2) is 4.79 Å². The number of urea groups is 1. The van der Waals surface area contributed by atoms with Gasteiger partial charge in [-0.1, -0.05) is 13.8 Å². The van der Waals surface area contributed by atoms with Crippen molar-refractivity contribution in [2.24, 2.45) is 5.92 Å². The zero-order valence-electron chi connectivity index (χ0n) is 15.2. The number of carbonyl (C=O) groups excluding carboxylic acids is 3. The molecule has 136 valence electrons. The Balaban J connectivity index is 1.91. The van der Waals surface area contributed by atoms with Gasteiger partial charge in [-0.2, -0.15) is 0 Å². The van der Waals surface area contributed by atoms with E-state index in [1.807, 2.05) is 13.8 Å². The van der Waals surface area contributed by atoms with Crippen LogP contribution in [0.15, 0.2) is 0 Å². The fraction of sp³-hybridized carbons (Fsp3) is 0.824. The summed E-state index contributed by atoms with van der Waals surface area (Å²) < 4.78 is 0. The lowest BCUT2D eigenvalue weighted by atomic mass is 9.87. The van der Waals surface area contributed by atoms with Gasteiger partial charge < -0.3 is 15.5 Å². The van der Waals surface area contributed by atoms with Gasteiger partial charge in [-0.05, 0) is 32.6 Å². The van der Waals surface area contributed by atoms with Gasteiger partial charge in [0.1, 0.15) is 5.54 Å². The minimum Gasteiger partial charge on any atom is -0.354 e. The SMILES string of the molecule is CC(C)CN1CCC2(CC1)NC(=O)N(CCC(=O)NC(C)C)C2=O. The topological polar surface area (TPSA) is 81.8 Å². The van der Waals surface area contributed by atoms with Crippen LogP contribution in [-0.2, 0) is 9.59 Å². The molecule has 0 aromatic carbocycles. The first kappa shape index (κ1) is 18.7. The molecule has 0 radical (unpaired) electrons. The number of hydrogen-bond acceptors (Lipinski definition) is 4. The van der Waals surface area contributed by atoms with Gasteiger partial charge in [0.2, 0.25) is 5.91 Å². The molecule has 2 aliphatic heterocycles. The molecular formula is C17H30N4O3. The third-order valence-corrected chi connectivity index (χ3v) is 4.59. The molecule has 2 heterocycles. The Morgan fingerprint density at radius 2 is 1.83 bits per heavy atom. The highest BCUT2D eigenvalue weighted by molar-refractivity contribution is 6.07. The Hall–Kier alpha value is -1.63. The molecule has 0 aliphatic carbocycles. The largest absolute Gasteiger partial charge is 0.354 e. The number of imide groups is 1. The molecule has 2 rings (SSSR count). The van der Waals surface area contributed by atoms with Gasteiger partial charge in [-0.15, -0.1) is 0 Å². The molecule has 7 heteroatoms. The van der Waals surface area contributed by atoms with Crippen molar-refractivity contribution in [3.63, 3.8) is 0 Å². The molecule has 0 saturated carbocycles. The Kier molecular flexibility index (Phi) is 5.85. The second-order valence-corrected chi connectivity index (χ2v) is 7.64. The average Bonchev–Trinajstić information content (AvgIpc) is 2.70. The monoisotopic (exact) mass is 338 g/mol. The van der Waals surface area contributed by atoms with Crippen molar-refractivity contribution in [2.45, 2.75) is 58.5 Å². The summed E-state index contributed by atoms with van der Waals surface area (Å²) in [7, 11) is 0. The molecule has 2 fully saturated rings. The first-order chi connectivity index (χ1) is 11.2. The van der Waals surface area contributed by atoms with E-state index in [-0.39, 0.29) is 36.9 Å². The second-order valence-electron chi connectivity index (χ2n) is 7.64. The zero-order chi connectivity index (χ0) is 17.9. The molecule has 2 aliphatic rings. The number of nitrogens with one attached hydrogen (secondary N) is 2. The van der Waals surface area contributed by atoms with Gasteiger partial charge in [0, 0.05) is 38.6 Å². The van der Waals surface area contributed by atoms with E-state index in [4.69, 9.17) is 0 Å². The lowest BCUT2D eigenvalue weighted by molar-refractivity contribution is -0.133. The van der Waals surface area contributed by atoms with Crippen molar-refractivity contribution < 1.29 is 14.4 Å². The second kappa shape index (κ2) is 7.51. The quantitative estimate of drug-likeness (QED) is 0.706. The summed E-state index contributed by atoms with van der Waals surface area (Å²) in [5.74, 6) is 0.274. The lowest BCUT2D eigenvalue weighted by Crippen LogP contribution is -2.55. The minimum absolute atomic E-state index is 0.0530. The zero-order valence-corrected chi connectivity index (χ0v) is 15.2. The summed E-state index contributed by atoms with van der Waals surface area (Å²) >= 11 is 0. The summed E-state index contributed by atoms with van der Waals surface area (Å²) in [4.78, 5) is 40.2. The highest BCUT2D eigenvalue weighted by Crippen LogP contribution is 2.29. The molecular weight excluding hydrogens is 308 g/mol. The maximum absolute atomic E-state index is 12.7. The molecule has 1 spiro atoms. The fourth-order valence-electron chi connectivity index (χ4n) is 3.46. The maximum atomic E-state index is 12.7. The van der Waals surface area contributed by atoms with Crippen LogP contribution in [0, 0.1) is 5.92 Å². The van der Waals surface area contributed by atoms with Crippen molar-refractivity contribution in [3.05, 3.63) is 0 Å². The predicted octanol–water partition coefficient (Wildman–Crippen LogP) is 0.944. The van der Waals surface area contributed by atoms with E-state index in [2.05, 4.69) is 29.4 Å². The summed E-state index contributed by atoms with van der Waals surface area (Å²) in [5, 5.41) is 5.66. The third kappa shape index (κ3) is 4.26. The summed E-state index contributed by atoms with van der Waals surface area (Å²) in [6.07, 6.45) is 1.42. The van der Waals surface area contributed by atoms with Crippen molar-refractivity contribution in [1.82, 2.24) is 20.4 Å². The van der Waals surface area contributed by atoms with Crippen LogP contribution in [0.25, 0.3) is 0 Å². The van der Waals surface area contributed by atoms with Crippen LogP contribution in [0.4, 0.5) is 4.79 Å². The normalized spacial score (nSPS) is 21.0. The van der Waals surface area contributed by atoms with Crippen molar-refractivity contribution >= 4 is 17.8 Å². The highest BCUT2D eigenvalue weighted by atomic mass is 16.2. The van der Waals surface area contributed by atoms with Gasteiger partial charge >= 0.3 is 6.03 Å². The number of amides is 4. The van der Waals surface area contributed by atoms with Gasteiger partial charge in [0.25, 0.3) is 5.91 Å². The smallest absolute Gasteiger partial charge is 0.325 e. The van der Waals surface area contributed by atoms with Gasteiger partial charge in [0.15, 0.2) is 0 Å². The molecule has 0 atom stereocenters. The maximum Gasteiger partial charge on any atom is 0.325 e. The molecule has 7 nitrogen and oxygen atoms in total. The fourth-order valence-corrected chi connectivity index (χ4v) is 3.46. The Morgan fingerprint density at radius 3 is 2.38 bits per heavy atom. The number of hydrogen-bond donors (Lipinski definition) is 2. The van der Waals surface area contributed by atoms with E-state index < -0.39 is 5.54 Å². The van der Waals surface area contributed by atoms with Crippen LogP contribution in [0.5, 0.6) is 0 Å². The molecule has 0 aromatic rings. The van der Waals surface area contributed by atoms with E-state index in [0.717, 1.165) is 19.6 Å². The van der Waals surface area contributed by atoms with E-state index in [9.17, 15) is 14.4 Å². The first-order valence-corrected chi connectivity index (χ1v) is 8.89. The number of rotatable bonds is 6. The van der Waals surface area contributed by atoms with Crippen LogP contribution in [0.2, 0.25) is 0 Å². The molecule has 2 N–H and O–H groups in total. The third-order valence-electron chi connectivity index (χ3n) is 4.59. The Bertz CT molecular complexity index is 496. The van der Waals surface area contributed by atoms with Crippen molar-refractivity contribution in [2.75, 3.05) is 26.2 Å². The van der Waals surface area contributed by atoms with Gasteiger partial charge in [-0.3, -0.25) is 14.5 Å². The predicted molar refractivity (Wildman–Crippen MR) is 91.4 cm³/mol. The van der Waals surface area contributed by atoms with Crippen LogP contribution < -0.4 is 10.6 Å². The number of carbonyl (C=O) groups is 3. The van der Waals surface area contributed by atoms with E-state index in [0.29, 0.717) is 18.8 Å². The summed E-state index contributed by atoms with van der Waals surface area (Å²) in [6.45, 7) is 10.9. The van der Waals surface area contributed by atoms with Crippen LogP contribution in [-0.4, -0.2) is 65.4 Å². The molecule has 2 saturated heterocycles. The molecule has 0 bridgehead atoms. The van der Waals surface area contributed by atoms with E-state index in [1.54, 1.807) is 0 Å². The molecule has 24 heavy (non-hydrogen) atoms. The number of nitrogens with zero attached hydrogens (tertiary/aromatic N) is 2. The highest BCUT2D eigenvalue weighted by Gasteiger charge is 2.52. The minimum atomic E-state index is -0.765. The summed E-state index contributed by atoms with van der Waals surface area (Å²) in [5.41, 5.74) is -0.765. The van der Waals surface area contributed by atoms with Crippen molar-refractivity contribution in [3.8, 4) is 0 Å². The molecule has 0 unspecified atom stereocenters. The average molecular weight is 338 g/mol. The van der Waals surface area contributed by atoms with Crippen LogP contribution in [0.1, 0.15) is 47.0 Å². The standard InChI is InChI=1S/C17H30N4O3/c1-12(2)11-20-9-6-17(7-10-20)15(23)21(16(24)19-17)8-5-14(22)18-13(3)4/h12-13H,5-11H2,1-4H3,(H,18,22)(H,19,24). The Labute approximate surface area is 144 Å². The van der Waals surface area contributed by atoms with E-state index >= 15 is 0 Å². The number of likely N-dealkylation sites (tertiary alicyclic amines) is 1.